The average molecular weight is 205 g/mol. The third-order valence-corrected chi connectivity index (χ3v) is 1.52. The van der Waals surface area contributed by atoms with Gasteiger partial charge in [-0.3, -0.25) is 0 Å². The molecule has 0 aliphatic carbocycles. The smallest absolute Gasteiger partial charge is 0.342 e. The summed E-state index contributed by atoms with van der Waals surface area (Å²) in [7, 11) is 0. The van der Waals surface area contributed by atoms with E-state index in [2.05, 4.69) is 0 Å². The molecule has 1 N–H and O–H groups in total. The fraction of sp³-hybridized carbons (Fsp3) is 0.364. The maximum Gasteiger partial charge on any atom is 0.342 e. The molecule has 0 bridgehead atoms. The van der Waals surface area contributed by atoms with Crippen LogP contribution >= 0.6 is 0 Å². The quantitative estimate of drug-likeness (QED) is 0.563. The summed E-state index contributed by atoms with van der Waals surface area (Å²) in [4.78, 5) is 11.5. The van der Waals surface area contributed by atoms with Crippen molar-refractivity contribution >= 4 is 14.4 Å². The van der Waals surface area contributed by atoms with Gasteiger partial charge in [0.1, 0.15) is 16.9 Å². The third-order valence-electron chi connectivity index (χ3n) is 1.52. The van der Waals surface area contributed by atoms with Crippen LogP contribution in [-0.4, -0.2) is 25.1 Å². The van der Waals surface area contributed by atoms with E-state index in [1.54, 1.807) is 32.9 Å². The highest BCUT2D eigenvalue weighted by molar-refractivity contribution is 5.92. The lowest BCUT2D eigenvalue weighted by molar-refractivity contribution is 0.00668. The number of para-hydroxylation sites is 1. The zero-order valence-corrected chi connectivity index (χ0v) is 9.15. The fourth-order valence-electron chi connectivity index (χ4n) is 0.979. The van der Waals surface area contributed by atoms with Gasteiger partial charge in [-0.2, -0.15) is 0 Å². The highest BCUT2D eigenvalue weighted by atomic mass is 16.6. The van der Waals surface area contributed by atoms with Gasteiger partial charge in [-0.15, -0.1) is 0 Å². The van der Waals surface area contributed by atoms with E-state index in [0.717, 1.165) is 0 Å². The van der Waals surface area contributed by atoms with Crippen molar-refractivity contribution in [3.63, 3.8) is 0 Å². The van der Waals surface area contributed by atoms with Crippen LogP contribution in [0.5, 0.6) is 5.75 Å². The lowest BCUT2D eigenvalue weighted by Gasteiger charge is -2.19. The fourth-order valence-corrected chi connectivity index (χ4v) is 0.979. The van der Waals surface area contributed by atoms with Crippen molar-refractivity contribution < 1.29 is 14.6 Å². The van der Waals surface area contributed by atoms with Crippen LogP contribution in [0.25, 0.3) is 0 Å². The van der Waals surface area contributed by atoms with Gasteiger partial charge in [-0.05, 0) is 32.9 Å². The van der Waals surface area contributed by atoms with Crippen LogP contribution in [0.2, 0.25) is 0 Å². The van der Waals surface area contributed by atoms with E-state index in [-0.39, 0.29) is 19.7 Å². The second-order valence-electron chi connectivity index (χ2n) is 4.02. The van der Waals surface area contributed by atoms with Gasteiger partial charge in [-0.25, -0.2) is 4.79 Å². The molecule has 1 aromatic carbocycles. The first-order chi connectivity index (χ1) is 6.40. The summed E-state index contributed by atoms with van der Waals surface area (Å²) < 4.78 is 5.11. The van der Waals surface area contributed by atoms with Crippen molar-refractivity contribution in [2.45, 2.75) is 26.4 Å². The van der Waals surface area contributed by atoms with Gasteiger partial charge in [0.05, 0.1) is 0 Å². The standard InChI is InChI=1S/C11H14O3.B/c1-11(2,3)14-10(13)8-6-4-5-7-9(8)12;/h4-7,12H,1-3H3;. The number of hydrogen-bond donors (Lipinski definition) is 1. The maximum atomic E-state index is 11.5. The molecule has 0 aromatic heterocycles. The number of benzene rings is 1. The molecule has 0 aliphatic heterocycles. The van der Waals surface area contributed by atoms with Crippen LogP contribution < -0.4 is 0 Å². The largest absolute Gasteiger partial charge is 0.507 e. The molecule has 4 heteroatoms. The van der Waals surface area contributed by atoms with Crippen LogP contribution in [0.4, 0.5) is 0 Å². The minimum absolute atomic E-state index is 0. The van der Waals surface area contributed by atoms with Gasteiger partial charge < -0.3 is 9.84 Å². The molecule has 0 aliphatic rings. The highest BCUT2D eigenvalue weighted by Crippen LogP contribution is 2.19. The predicted octanol–water partition coefficient (Wildman–Crippen LogP) is 1.97. The number of aromatic hydroxyl groups is 1. The van der Waals surface area contributed by atoms with E-state index in [4.69, 9.17) is 4.74 Å². The van der Waals surface area contributed by atoms with E-state index in [0.29, 0.717) is 0 Å². The number of esters is 1. The Labute approximate surface area is 91.6 Å². The van der Waals surface area contributed by atoms with Gasteiger partial charge in [0.2, 0.25) is 0 Å². The molecular formula is C11H14BO3. The Morgan fingerprint density at radius 3 is 2.27 bits per heavy atom. The molecule has 0 amide bonds. The Morgan fingerprint density at radius 1 is 1.27 bits per heavy atom. The topological polar surface area (TPSA) is 46.5 Å². The van der Waals surface area contributed by atoms with Crippen molar-refractivity contribution in [1.82, 2.24) is 0 Å². The molecule has 3 nitrogen and oxygen atoms in total. The minimum atomic E-state index is -0.542. The molecule has 0 spiro atoms. The molecule has 1 aromatic rings. The Hall–Kier alpha value is -1.45. The number of ether oxygens (including phenoxy) is 1. The van der Waals surface area contributed by atoms with E-state index < -0.39 is 11.6 Å². The van der Waals surface area contributed by atoms with Gasteiger partial charge in [0.25, 0.3) is 0 Å². The lowest BCUT2D eigenvalue weighted by atomic mass is 10.1. The Kier molecular flexibility index (Phi) is 4.40. The van der Waals surface area contributed by atoms with Crippen LogP contribution in [0, 0.1) is 0 Å². The lowest BCUT2D eigenvalue weighted by Crippen LogP contribution is -2.23. The molecule has 0 saturated heterocycles. The maximum absolute atomic E-state index is 11.5. The summed E-state index contributed by atoms with van der Waals surface area (Å²) in [5.41, 5.74) is -0.346. The summed E-state index contributed by atoms with van der Waals surface area (Å²) in [6, 6.07) is 6.32. The molecule has 0 atom stereocenters. The van der Waals surface area contributed by atoms with Crippen molar-refractivity contribution in [3.8, 4) is 5.75 Å². The van der Waals surface area contributed by atoms with E-state index in [9.17, 15) is 9.90 Å². The average Bonchev–Trinajstić information content (AvgIpc) is 2.01. The number of carbonyl (C=O) groups is 1. The summed E-state index contributed by atoms with van der Waals surface area (Å²) in [5.74, 6) is -0.558. The number of hydrogen-bond acceptors (Lipinski definition) is 3. The Balaban J connectivity index is 0.00000196. The monoisotopic (exact) mass is 205 g/mol. The van der Waals surface area contributed by atoms with Crippen molar-refractivity contribution in [3.05, 3.63) is 29.8 Å². The summed E-state index contributed by atoms with van der Waals surface area (Å²) in [6.07, 6.45) is 0. The molecular weight excluding hydrogens is 191 g/mol. The Morgan fingerprint density at radius 2 is 1.80 bits per heavy atom. The molecule has 15 heavy (non-hydrogen) atoms. The van der Waals surface area contributed by atoms with Crippen LogP contribution in [-0.2, 0) is 4.74 Å². The molecule has 79 valence electrons. The summed E-state index contributed by atoms with van der Waals surface area (Å²) in [5, 5.41) is 9.38. The highest BCUT2D eigenvalue weighted by Gasteiger charge is 2.19. The van der Waals surface area contributed by atoms with E-state index in [1.807, 2.05) is 0 Å². The second kappa shape index (κ2) is 4.87. The predicted molar refractivity (Wildman–Crippen MR) is 59.0 cm³/mol. The number of rotatable bonds is 1. The molecule has 1 rings (SSSR count). The van der Waals surface area contributed by atoms with Crippen molar-refractivity contribution in [2.75, 3.05) is 0 Å². The second-order valence-corrected chi connectivity index (χ2v) is 4.02. The van der Waals surface area contributed by atoms with Gasteiger partial charge in [0.15, 0.2) is 0 Å². The van der Waals surface area contributed by atoms with Crippen molar-refractivity contribution in [1.29, 1.82) is 0 Å². The third kappa shape index (κ3) is 4.06. The molecule has 0 saturated carbocycles. The Bertz CT molecular complexity index is 342. The summed E-state index contributed by atoms with van der Waals surface area (Å²) in [6.45, 7) is 5.35. The molecule has 0 unspecified atom stereocenters. The summed E-state index contributed by atoms with van der Waals surface area (Å²) >= 11 is 0. The first-order valence-electron chi connectivity index (χ1n) is 4.41. The molecule has 3 radical (unpaired) electrons. The molecule has 0 fully saturated rings. The van der Waals surface area contributed by atoms with Gasteiger partial charge in [0, 0.05) is 8.41 Å². The normalized spacial score (nSPS) is 10.3. The number of phenols is 1. The SMILES string of the molecule is CC(C)(C)OC(=O)c1ccccc1O.[B]. The zero-order chi connectivity index (χ0) is 10.8. The van der Waals surface area contributed by atoms with Crippen LogP contribution in [0.15, 0.2) is 24.3 Å². The number of phenolic OH excluding ortho intramolecular Hbond substituents is 1. The first kappa shape index (κ1) is 13.6. The van der Waals surface area contributed by atoms with Crippen molar-refractivity contribution in [2.24, 2.45) is 0 Å². The van der Waals surface area contributed by atoms with E-state index >= 15 is 0 Å². The minimum Gasteiger partial charge on any atom is -0.507 e. The van der Waals surface area contributed by atoms with Gasteiger partial charge in [-0.1, -0.05) is 12.1 Å². The van der Waals surface area contributed by atoms with Gasteiger partial charge >= 0.3 is 5.97 Å². The zero-order valence-electron chi connectivity index (χ0n) is 9.15. The van der Waals surface area contributed by atoms with Crippen LogP contribution in [0.1, 0.15) is 31.1 Å². The molecule has 0 heterocycles. The number of carbonyl (C=O) groups excluding carboxylic acids is 1. The van der Waals surface area contributed by atoms with E-state index in [1.165, 1.54) is 12.1 Å². The van der Waals surface area contributed by atoms with Crippen LogP contribution in [0.3, 0.4) is 0 Å². The first-order valence-corrected chi connectivity index (χ1v) is 4.41.